The minimum atomic E-state index is 0.0359. The number of aryl methyl sites for hydroxylation is 2. The predicted molar refractivity (Wildman–Crippen MR) is 40.0 cm³/mol. The molecule has 0 saturated carbocycles. The van der Waals surface area contributed by atoms with Gasteiger partial charge in [0, 0.05) is 24.9 Å². The van der Waals surface area contributed by atoms with Crippen LogP contribution in [0.25, 0.3) is 0 Å². The van der Waals surface area contributed by atoms with E-state index in [1.54, 1.807) is 17.7 Å². The van der Waals surface area contributed by atoms with Gasteiger partial charge < -0.3 is 4.57 Å². The van der Waals surface area contributed by atoms with Crippen molar-refractivity contribution in [2.75, 3.05) is 0 Å². The van der Waals surface area contributed by atoms with Gasteiger partial charge in [0.1, 0.15) is 0 Å². The first-order valence-electron chi connectivity index (χ1n) is 3.18. The standard InChI is InChI=1S/C8H10NO/c1-6-4-7(2)9(3)8(10)5-6/h5H,1-3H3. The molecule has 0 bridgehead atoms. The molecule has 0 aliphatic carbocycles. The molecule has 0 aromatic carbocycles. The molecule has 0 aliphatic heterocycles. The van der Waals surface area contributed by atoms with E-state index >= 15 is 0 Å². The Balaban J connectivity index is 3.46. The molecule has 1 aromatic rings. The van der Waals surface area contributed by atoms with Crippen LogP contribution in [0, 0.1) is 19.9 Å². The largest absolute Gasteiger partial charge is 0.315 e. The van der Waals surface area contributed by atoms with Crippen LogP contribution < -0.4 is 5.56 Å². The highest BCUT2D eigenvalue weighted by molar-refractivity contribution is 5.12. The monoisotopic (exact) mass is 136 g/mol. The zero-order valence-electron chi connectivity index (χ0n) is 6.43. The summed E-state index contributed by atoms with van der Waals surface area (Å²) in [6.45, 7) is 3.74. The Bertz CT molecular complexity index is 299. The normalized spacial score (nSPS) is 9.90. The fourth-order valence-electron chi connectivity index (χ4n) is 0.853. The zero-order valence-corrected chi connectivity index (χ0v) is 6.43. The maximum absolute atomic E-state index is 11.0. The third-order valence-electron chi connectivity index (χ3n) is 1.55. The second-order valence-corrected chi connectivity index (χ2v) is 2.44. The summed E-state index contributed by atoms with van der Waals surface area (Å²) in [7, 11) is 1.74. The van der Waals surface area contributed by atoms with Crippen molar-refractivity contribution in [1.29, 1.82) is 0 Å². The van der Waals surface area contributed by atoms with Crippen molar-refractivity contribution in [3.63, 3.8) is 0 Å². The van der Waals surface area contributed by atoms with Gasteiger partial charge in [-0.05, 0) is 19.4 Å². The summed E-state index contributed by atoms with van der Waals surface area (Å²) in [6.07, 6.45) is 0. The summed E-state index contributed by atoms with van der Waals surface area (Å²) < 4.78 is 1.58. The molecule has 0 aliphatic rings. The Morgan fingerprint density at radius 1 is 1.50 bits per heavy atom. The van der Waals surface area contributed by atoms with Crippen molar-refractivity contribution in [3.05, 3.63) is 33.7 Å². The topological polar surface area (TPSA) is 22.0 Å². The molecule has 0 N–H and O–H groups in total. The second-order valence-electron chi connectivity index (χ2n) is 2.44. The van der Waals surface area contributed by atoms with Crippen LogP contribution in [0.5, 0.6) is 0 Å². The van der Waals surface area contributed by atoms with Gasteiger partial charge in [0.15, 0.2) is 0 Å². The fourth-order valence-corrected chi connectivity index (χ4v) is 0.853. The number of nitrogens with zero attached hydrogens (tertiary/aromatic N) is 1. The predicted octanol–water partition coefficient (Wildman–Crippen LogP) is 0.802. The maximum atomic E-state index is 11.0. The summed E-state index contributed by atoms with van der Waals surface area (Å²) in [5.74, 6) is 0. The van der Waals surface area contributed by atoms with Gasteiger partial charge in [0.05, 0.1) is 0 Å². The van der Waals surface area contributed by atoms with Crippen LogP contribution in [0.4, 0.5) is 0 Å². The molecule has 2 heteroatoms. The highest BCUT2D eigenvalue weighted by atomic mass is 16.1. The Labute approximate surface area is 60.1 Å². The van der Waals surface area contributed by atoms with Crippen molar-refractivity contribution in [3.8, 4) is 0 Å². The van der Waals surface area contributed by atoms with E-state index in [0.29, 0.717) is 0 Å². The lowest BCUT2D eigenvalue weighted by Crippen LogP contribution is -2.17. The SMILES string of the molecule is Cc1[c]c(C)n(C)c(=O)c1. The molecule has 10 heavy (non-hydrogen) atoms. The molecular weight excluding hydrogens is 126 g/mol. The molecule has 0 atom stereocenters. The minimum absolute atomic E-state index is 0.0359. The molecule has 1 aromatic heterocycles. The van der Waals surface area contributed by atoms with Gasteiger partial charge in [-0.2, -0.15) is 0 Å². The lowest BCUT2D eigenvalue weighted by atomic mass is 10.2. The average molecular weight is 136 g/mol. The van der Waals surface area contributed by atoms with Gasteiger partial charge in [-0.1, -0.05) is 0 Å². The molecule has 53 valence electrons. The van der Waals surface area contributed by atoms with Crippen LogP contribution in [0.15, 0.2) is 10.9 Å². The van der Waals surface area contributed by atoms with Crippen LogP contribution in [0.2, 0.25) is 0 Å². The molecule has 1 radical (unpaired) electrons. The summed E-state index contributed by atoms with van der Waals surface area (Å²) in [5, 5.41) is 0. The van der Waals surface area contributed by atoms with Gasteiger partial charge in [0.2, 0.25) is 0 Å². The Hall–Kier alpha value is -1.05. The molecule has 1 rings (SSSR count). The molecule has 0 unspecified atom stereocenters. The van der Waals surface area contributed by atoms with Crippen LogP contribution in [0.3, 0.4) is 0 Å². The summed E-state index contributed by atoms with van der Waals surface area (Å²) >= 11 is 0. The van der Waals surface area contributed by atoms with E-state index in [1.165, 1.54) is 0 Å². The smallest absolute Gasteiger partial charge is 0.250 e. The zero-order chi connectivity index (χ0) is 7.72. The molecule has 0 saturated heterocycles. The highest BCUT2D eigenvalue weighted by Crippen LogP contribution is 1.94. The van der Waals surface area contributed by atoms with Crippen molar-refractivity contribution in [1.82, 2.24) is 4.57 Å². The van der Waals surface area contributed by atoms with E-state index in [9.17, 15) is 4.79 Å². The molecule has 0 amide bonds. The molecule has 2 nitrogen and oxygen atoms in total. The van der Waals surface area contributed by atoms with E-state index in [4.69, 9.17) is 0 Å². The third-order valence-corrected chi connectivity index (χ3v) is 1.55. The van der Waals surface area contributed by atoms with Crippen molar-refractivity contribution >= 4 is 0 Å². The van der Waals surface area contributed by atoms with Crippen molar-refractivity contribution in [2.45, 2.75) is 13.8 Å². The van der Waals surface area contributed by atoms with Crippen molar-refractivity contribution in [2.24, 2.45) is 7.05 Å². The van der Waals surface area contributed by atoms with Crippen molar-refractivity contribution < 1.29 is 0 Å². The van der Waals surface area contributed by atoms with Gasteiger partial charge in [-0.25, -0.2) is 0 Å². The van der Waals surface area contributed by atoms with Gasteiger partial charge in [-0.15, -0.1) is 0 Å². The van der Waals surface area contributed by atoms with E-state index in [-0.39, 0.29) is 5.56 Å². The molecule has 0 spiro atoms. The van der Waals surface area contributed by atoms with Gasteiger partial charge in [-0.3, -0.25) is 4.79 Å². The van der Waals surface area contributed by atoms with Gasteiger partial charge in [0.25, 0.3) is 5.56 Å². The Morgan fingerprint density at radius 2 is 2.10 bits per heavy atom. The summed E-state index contributed by atoms with van der Waals surface area (Å²) in [6, 6.07) is 4.62. The first-order chi connectivity index (χ1) is 4.61. The molecule has 0 fully saturated rings. The number of pyridine rings is 1. The highest BCUT2D eigenvalue weighted by Gasteiger charge is 1.94. The first kappa shape index (κ1) is 7.06. The third kappa shape index (κ3) is 1.10. The van der Waals surface area contributed by atoms with E-state index in [0.717, 1.165) is 11.3 Å². The van der Waals surface area contributed by atoms with Crippen LogP contribution in [-0.4, -0.2) is 4.57 Å². The number of hydrogen-bond acceptors (Lipinski definition) is 1. The summed E-state index contributed by atoms with van der Waals surface area (Å²) in [4.78, 5) is 11.0. The van der Waals surface area contributed by atoms with E-state index < -0.39 is 0 Å². The fraction of sp³-hybridized carbons (Fsp3) is 0.375. The quantitative estimate of drug-likeness (QED) is 0.517. The molecule has 1 heterocycles. The Morgan fingerprint density at radius 3 is 2.60 bits per heavy atom. The van der Waals surface area contributed by atoms with Crippen LogP contribution in [-0.2, 0) is 7.05 Å². The number of hydrogen-bond donors (Lipinski definition) is 0. The average Bonchev–Trinajstić information content (AvgIpc) is 1.82. The first-order valence-corrected chi connectivity index (χ1v) is 3.18. The Kier molecular flexibility index (Phi) is 1.62. The van der Waals surface area contributed by atoms with Crippen LogP contribution >= 0.6 is 0 Å². The summed E-state index contributed by atoms with van der Waals surface area (Å²) in [5.41, 5.74) is 1.82. The van der Waals surface area contributed by atoms with E-state index in [2.05, 4.69) is 6.07 Å². The van der Waals surface area contributed by atoms with Gasteiger partial charge >= 0.3 is 0 Å². The van der Waals surface area contributed by atoms with Crippen LogP contribution in [0.1, 0.15) is 11.3 Å². The lowest BCUT2D eigenvalue weighted by molar-refractivity contribution is 0.812. The number of aromatic nitrogens is 1. The minimum Gasteiger partial charge on any atom is -0.315 e. The maximum Gasteiger partial charge on any atom is 0.250 e. The van der Waals surface area contributed by atoms with E-state index in [1.807, 2.05) is 13.8 Å². The number of rotatable bonds is 0. The second kappa shape index (κ2) is 2.29. The molecular formula is C8H10NO. The lowest BCUT2D eigenvalue weighted by Gasteiger charge is -2.01.